The Labute approximate surface area is 116 Å². The fraction of sp³-hybridized carbons (Fsp3) is 0.125. The lowest BCUT2D eigenvalue weighted by atomic mass is 10.0. The molecule has 0 bridgehead atoms. The second-order valence-corrected chi connectivity index (χ2v) is 4.21. The van der Waals surface area contributed by atoms with E-state index in [9.17, 15) is 8.78 Å². The standard InChI is InChI=1S/C16H12F2N2/c17-16(18,14-9-5-2-6-10-14)15(11-19)20-12-13-7-3-1-4-8-13/h1-10,12,15H/t15-/m0/s1. The third-order valence-corrected chi connectivity index (χ3v) is 2.80. The number of nitriles is 1. The van der Waals surface area contributed by atoms with Crippen LogP contribution in [0.4, 0.5) is 8.78 Å². The van der Waals surface area contributed by atoms with Gasteiger partial charge in [-0.15, -0.1) is 0 Å². The van der Waals surface area contributed by atoms with Crippen LogP contribution in [0.1, 0.15) is 11.1 Å². The van der Waals surface area contributed by atoms with E-state index >= 15 is 0 Å². The van der Waals surface area contributed by atoms with Crippen LogP contribution in [0.2, 0.25) is 0 Å². The van der Waals surface area contributed by atoms with E-state index < -0.39 is 12.0 Å². The third kappa shape index (κ3) is 3.07. The minimum Gasteiger partial charge on any atom is -0.267 e. The van der Waals surface area contributed by atoms with Gasteiger partial charge in [0.1, 0.15) is 0 Å². The third-order valence-electron chi connectivity index (χ3n) is 2.80. The maximum absolute atomic E-state index is 14.2. The van der Waals surface area contributed by atoms with Crippen LogP contribution in [0.25, 0.3) is 0 Å². The summed E-state index contributed by atoms with van der Waals surface area (Å²) in [5.74, 6) is -3.32. The van der Waals surface area contributed by atoms with Crippen LogP contribution in [0, 0.1) is 11.3 Å². The van der Waals surface area contributed by atoms with Crippen LogP contribution in [0.3, 0.4) is 0 Å². The first-order chi connectivity index (χ1) is 9.64. The van der Waals surface area contributed by atoms with Gasteiger partial charge in [0, 0.05) is 11.8 Å². The number of rotatable bonds is 4. The van der Waals surface area contributed by atoms with Crippen molar-refractivity contribution in [2.24, 2.45) is 4.99 Å². The van der Waals surface area contributed by atoms with E-state index in [4.69, 9.17) is 5.26 Å². The number of halogens is 2. The van der Waals surface area contributed by atoms with Crippen molar-refractivity contribution in [1.29, 1.82) is 5.26 Å². The van der Waals surface area contributed by atoms with Crippen molar-refractivity contribution in [3.8, 4) is 6.07 Å². The number of nitrogens with zero attached hydrogens (tertiary/aromatic N) is 2. The first-order valence-electron chi connectivity index (χ1n) is 6.06. The topological polar surface area (TPSA) is 36.1 Å². The van der Waals surface area contributed by atoms with Crippen LogP contribution in [-0.4, -0.2) is 12.3 Å². The molecule has 2 aromatic carbocycles. The average molecular weight is 270 g/mol. The van der Waals surface area contributed by atoms with E-state index in [0.29, 0.717) is 5.56 Å². The van der Waals surface area contributed by atoms with Crippen molar-refractivity contribution < 1.29 is 8.78 Å². The van der Waals surface area contributed by atoms with Crippen molar-refractivity contribution in [3.63, 3.8) is 0 Å². The zero-order chi connectivity index (χ0) is 14.4. The zero-order valence-corrected chi connectivity index (χ0v) is 10.6. The maximum atomic E-state index is 14.2. The van der Waals surface area contributed by atoms with Crippen molar-refractivity contribution in [3.05, 3.63) is 71.8 Å². The molecule has 0 saturated heterocycles. The highest BCUT2D eigenvalue weighted by Crippen LogP contribution is 2.33. The summed E-state index contributed by atoms with van der Waals surface area (Å²) in [7, 11) is 0. The highest BCUT2D eigenvalue weighted by atomic mass is 19.3. The fourth-order valence-electron chi connectivity index (χ4n) is 1.73. The second kappa shape index (κ2) is 6.07. The van der Waals surface area contributed by atoms with Crippen molar-refractivity contribution in [2.45, 2.75) is 12.0 Å². The Morgan fingerprint density at radius 3 is 2.10 bits per heavy atom. The van der Waals surface area contributed by atoms with Crippen molar-refractivity contribution in [2.75, 3.05) is 0 Å². The van der Waals surface area contributed by atoms with Gasteiger partial charge in [-0.1, -0.05) is 60.7 Å². The van der Waals surface area contributed by atoms with Gasteiger partial charge in [-0.3, -0.25) is 4.99 Å². The van der Waals surface area contributed by atoms with Gasteiger partial charge in [-0.2, -0.15) is 14.0 Å². The summed E-state index contributed by atoms with van der Waals surface area (Å²) in [4.78, 5) is 3.72. The first kappa shape index (κ1) is 13.9. The Balaban J connectivity index is 2.25. The molecular formula is C16H12F2N2. The Hall–Kier alpha value is -2.54. The molecule has 0 amide bonds. The van der Waals surface area contributed by atoms with E-state index in [0.717, 1.165) is 0 Å². The van der Waals surface area contributed by atoms with E-state index in [1.54, 1.807) is 36.4 Å². The lowest BCUT2D eigenvalue weighted by Crippen LogP contribution is -2.28. The molecule has 0 aliphatic carbocycles. The van der Waals surface area contributed by atoms with Gasteiger partial charge in [-0.25, -0.2) is 0 Å². The molecule has 0 aliphatic heterocycles. The number of hydrogen-bond acceptors (Lipinski definition) is 2. The molecule has 0 heterocycles. The molecule has 2 nitrogen and oxygen atoms in total. The minimum absolute atomic E-state index is 0.211. The Bertz CT molecular complexity index is 616. The average Bonchev–Trinajstić information content (AvgIpc) is 2.49. The summed E-state index contributed by atoms with van der Waals surface area (Å²) in [6.07, 6.45) is 1.30. The summed E-state index contributed by atoms with van der Waals surface area (Å²) in [5, 5.41) is 8.96. The molecule has 0 radical (unpaired) electrons. The van der Waals surface area contributed by atoms with Crippen LogP contribution in [-0.2, 0) is 5.92 Å². The molecule has 0 aliphatic rings. The quantitative estimate of drug-likeness (QED) is 0.778. The number of benzene rings is 2. The molecule has 100 valence electrons. The normalized spacial score (nSPS) is 13.1. The smallest absolute Gasteiger partial charge is 0.267 e. The van der Waals surface area contributed by atoms with Crippen molar-refractivity contribution in [1.82, 2.24) is 0 Å². The van der Waals surface area contributed by atoms with Gasteiger partial charge in [0.25, 0.3) is 0 Å². The maximum Gasteiger partial charge on any atom is 0.308 e. The number of hydrogen-bond donors (Lipinski definition) is 0. The van der Waals surface area contributed by atoms with Gasteiger partial charge >= 0.3 is 5.92 Å². The first-order valence-corrected chi connectivity index (χ1v) is 6.06. The van der Waals surface area contributed by atoms with E-state index in [1.165, 1.54) is 30.5 Å². The summed E-state index contributed by atoms with van der Waals surface area (Å²) in [5.41, 5.74) is 0.466. The second-order valence-electron chi connectivity index (χ2n) is 4.21. The van der Waals surface area contributed by atoms with E-state index in [1.807, 2.05) is 6.07 Å². The molecule has 2 aromatic rings. The lowest BCUT2D eigenvalue weighted by molar-refractivity contribution is -0.0139. The summed E-state index contributed by atoms with van der Waals surface area (Å²) >= 11 is 0. The number of aliphatic imine (C=N–C) groups is 1. The van der Waals surface area contributed by atoms with Crippen molar-refractivity contribution >= 4 is 6.21 Å². The Kier molecular flexibility index (Phi) is 4.21. The van der Waals surface area contributed by atoms with E-state index in [2.05, 4.69) is 4.99 Å². The SMILES string of the molecule is N#C[C@H](N=Cc1ccccc1)C(F)(F)c1ccccc1. The molecule has 4 heteroatoms. The number of alkyl halides is 2. The highest BCUT2D eigenvalue weighted by molar-refractivity contribution is 5.79. The van der Waals surface area contributed by atoms with Gasteiger partial charge in [-0.05, 0) is 5.56 Å². The molecule has 20 heavy (non-hydrogen) atoms. The predicted octanol–water partition coefficient (Wildman–Crippen LogP) is 3.79. The van der Waals surface area contributed by atoms with Gasteiger partial charge in [0.2, 0.25) is 6.04 Å². The molecule has 0 spiro atoms. The van der Waals surface area contributed by atoms with E-state index in [-0.39, 0.29) is 5.56 Å². The monoisotopic (exact) mass is 270 g/mol. The fourth-order valence-corrected chi connectivity index (χ4v) is 1.73. The molecule has 2 rings (SSSR count). The predicted molar refractivity (Wildman–Crippen MR) is 73.8 cm³/mol. The van der Waals surface area contributed by atoms with Gasteiger partial charge in [0.15, 0.2) is 0 Å². The molecule has 1 atom stereocenters. The lowest BCUT2D eigenvalue weighted by Gasteiger charge is -2.18. The summed E-state index contributed by atoms with van der Waals surface area (Å²) in [6, 6.07) is 15.9. The van der Waals surface area contributed by atoms with Crippen LogP contribution < -0.4 is 0 Å². The zero-order valence-electron chi connectivity index (χ0n) is 10.6. The van der Waals surface area contributed by atoms with Crippen LogP contribution >= 0.6 is 0 Å². The van der Waals surface area contributed by atoms with Gasteiger partial charge in [0.05, 0.1) is 6.07 Å². The Morgan fingerprint density at radius 2 is 1.55 bits per heavy atom. The minimum atomic E-state index is -3.32. The molecule has 0 fully saturated rings. The largest absolute Gasteiger partial charge is 0.308 e. The molecular weight excluding hydrogens is 258 g/mol. The summed E-state index contributed by atoms with van der Waals surface area (Å²) in [6.45, 7) is 0. The van der Waals surface area contributed by atoms with Crippen LogP contribution in [0.15, 0.2) is 65.7 Å². The molecule has 0 unspecified atom stereocenters. The summed E-state index contributed by atoms with van der Waals surface area (Å²) < 4.78 is 28.4. The molecule has 0 aromatic heterocycles. The van der Waals surface area contributed by atoms with Crippen LogP contribution in [0.5, 0.6) is 0 Å². The molecule has 0 N–H and O–H groups in total. The van der Waals surface area contributed by atoms with Gasteiger partial charge < -0.3 is 0 Å². The highest BCUT2D eigenvalue weighted by Gasteiger charge is 2.41. The Morgan fingerprint density at radius 1 is 1.00 bits per heavy atom. The molecule has 0 saturated carbocycles.